The summed E-state index contributed by atoms with van der Waals surface area (Å²) >= 11 is 5.91. The third-order valence-electron chi connectivity index (χ3n) is 3.19. The number of nitriles is 1. The van der Waals surface area contributed by atoms with Gasteiger partial charge in [-0.1, -0.05) is 11.6 Å². The monoisotopic (exact) mass is 329 g/mol. The van der Waals surface area contributed by atoms with Gasteiger partial charge < -0.3 is 9.64 Å². The smallest absolute Gasteiger partial charge is 0.242 e. The number of nitrogens with one attached hydrogen (secondary N) is 1. The number of likely N-dealkylation sites (N-methyl/N-ethyl adjacent to an activating group) is 1. The summed E-state index contributed by atoms with van der Waals surface area (Å²) in [6.45, 7) is 2.24. The van der Waals surface area contributed by atoms with Gasteiger partial charge in [0.15, 0.2) is 0 Å². The maximum Gasteiger partial charge on any atom is 0.242 e. The third-order valence-corrected chi connectivity index (χ3v) is 5.10. The van der Waals surface area contributed by atoms with Crippen LogP contribution in [0.5, 0.6) is 0 Å². The number of benzene rings is 1. The van der Waals surface area contributed by atoms with Gasteiger partial charge >= 0.3 is 0 Å². The fraction of sp³-hybridized carbons (Fsp3) is 0.462. The summed E-state index contributed by atoms with van der Waals surface area (Å²) in [5.74, 6) is 0. The largest absolute Gasteiger partial charge is 0.374 e. The van der Waals surface area contributed by atoms with Gasteiger partial charge in [-0.3, -0.25) is 0 Å². The van der Waals surface area contributed by atoms with Crippen molar-refractivity contribution in [2.24, 2.45) is 0 Å². The number of halogens is 1. The fourth-order valence-electron chi connectivity index (χ4n) is 2.05. The van der Waals surface area contributed by atoms with E-state index in [-0.39, 0.29) is 28.1 Å². The van der Waals surface area contributed by atoms with Crippen LogP contribution in [0, 0.1) is 11.3 Å². The lowest BCUT2D eigenvalue weighted by Gasteiger charge is -2.30. The molecule has 0 aromatic heterocycles. The first-order valence-corrected chi connectivity index (χ1v) is 8.28. The number of rotatable bonds is 4. The number of ether oxygens (including phenoxy) is 1. The van der Waals surface area contributed by atoms with Crippen molar-refractivity contribution in [1.82, 2.24) is 9.62 Å². The molecule has 2 rings (SSSR count). The van der Waals surface area contributed by atoms with Gasteiger partial charge in [0.05, 0.1) is 29.4 Å². The third kappa shape index (κ3) is 4.15. The molecular formula is C13H16ClN3O3S. The minimum Gasteiger partial charge on any atom is -0.374 e. The Bertz CT molecular complexity index is 657. The van der Waals surface area contributed by atoms with Crippen LogP contribution in [0.4, 0.5) is 0 Å². The Morgan fingerprint density at radius 3 is 3.00 bits per heavy atom. The van der Waals surface area contributed by atoms with E-state index in [9.17, 15) is 8.42 Å². The second-order valence-corrected chi connectivity index (χ2v) is 7.01. The Balaban J connectivity index is 2.10. The normalized spacial score (nSPS) is 20.1. The summed E-state index contributed by atoms with van der Waals surface area (Å²) < 4.78 is 32.5. The van der Waals surface area contributed by atoms with Crippen LogP contribution in [-0.2, 0) is 14.8 Å². The van der Waals surface area contributed by atoms with E-state index in [0.717, 1.165) is 6.54 Å². The molecule has 1 N–H and O–H groups in total. The van der Waals surface area contributed by atoms with Gasteiger partial charge in [-0.15, -0.1) is 0 Å². The van der Waals surface area contributed by atoms with Crippen LogP contribution < -0.4 is 4.72 Å². The van der Waals surface area contributed by atoms with Gasteiger partial charge in [0.25, 0.3) is 0 Å². The first-order chi connectivity index (χ1) is 9.92. The molecule has 0 aliphatic carbocycles. The highest BCUT2D eigenvalue weighted by atomic mass is 35.5. The Labute approximate surface area is 129 Å². The summed E-state index contributed by atoms with van der Waals surface area (Å²) in [5.41, 5.74) is 0.244. The van der Waals surface area contributed by atoms with Gasteiger partial charge in [0.2, 0.25) is 10.0 Å². The van der Waals surface area contributed by atoms with Gasteiger partial charge in [0.1, 0.15) is 4.90 Å². The van der Waals surface area contributed by atoms with Crippen molar-refractivity contribution in [3.63, 3.8) is 0 Å². The minimum absolute atomic E-state index is 0.0863. The summed E-state index contributed by atoms with van der Waals surface area (Å²) in [5, 5.41) is 8.93. The Hall–Kier alpha value is -1.17. The van der Waals surface area contributed by atoms with Crippen LogP contribution >= 0.6 is 11.6 Å². The molecule has 1 unspecified atom stereocenters. The maximum absolute atomic E-state index is 12.3. The number of hydrogen-bond donors (Lipinski definition) is 1. The van der Waals surface area contributed by atoms with E-state index in [1.54, 1.807) is 0 Å². The first kappa shape index (κ1) is 16.2. The Morgan fingerprint density at radius 1 is 1.57 bits per heavy atom. The van der Waals surface area contributed by atoms with Crippen molar-refractivity contribution in [2.75, 3.05) is 33.3 Å². The predicted octanol–water partition coefficient (Wildman–Crippen LogP) is 0.821. The van der Waals surface area contributed by atoms with Crippen LogP contribution in [0.3, 0.4) is 0 Å². The number of morpholine rings is 1. The number of sulfonamides is 1. The van der Waals surface area contributed by atoms with Crippen LogP contribution in [0.25, 0.3) is 0 Å². The summed E-state index contributed by atoms with van der Waals surface area (Å²) in [6.07, 6.45) is -0.198. The van der Waals surface area contributed by atoms with E-state index in [4.69, 9.17) is 21.6 Å². The summed E-state index contributed by atoms with van der Waals surface area (Å²) in [6, 6.07) is 6.03. The lowest BCUT2D eigenvalue weighted by atomic mass is 10.2. The number of hydrogen-bond acceptors (Lipinski definition) is 5. The maximum atomic E-state index is 12.3. The first-order valence-electron chi connectivity index (χ1n) is 6.42. The average molecular weight is 330 g/mol. The molecule has 6 nitrogen and oxygen atoms in total. The highest BCUT2D eigenvalue weighted by Crippen LogP contribution is 2.22. The zero-order valence-electron chi connectivity index (χ0n) is 11.5. The van der Waals surface area contributed by atoms with Crippen molar-refractivity contribution < 1.29 is 13.2 Å². The zero-order valence-corrected chi connectivity index (χ0v) is 13.1. The summed E-state index contributed by atoms with van der Waals surface area (Å²) in [4.78, 5) is 1.98. The molecule has 1 fully saturated rings. The topological polar surface area (TPSA) is 82.4 Å². The molecule has 21 heavy (non-hydrogen) atoms. The van der Waals surface area contributed by atoms with E-state index >= 15 is 0 Å². The second-order valence-electron chi connectivity index (χ2n) is 4.86. The minimum atomic E-state index is -3.77. The molecule has 1 saturated heterocycles. The molecule has 114 valence electrons. The molecular weight excluding hydrogens is 314 g/mol. The van der Waals surface area contributed by atoms with Crippen molar-refractivity contribution >= 4 is 21.6 Å². The standard InChI is InChI=1S/C13H16ClN3O3S/c1-17-4-5-20-11(9-17)8-16-21(18,19)13-6-10(7-15)2-3-12(13)14/h2-3,6,11,16H,4-5,8-9H2,1H3. The molecule has 1 aromatic rings. The van der Waals surface area contributed by atoms with Crippen molar-refractivity contribution in [3.8, 4) is 6.07 Å². The highest BCUT2D eigenvalue weighted by Gasteiger charge is 2.23. The zero-order chi connectivity index (χ0) is 15.5. The molecule has 1 atom stereocenters. The molecule has 1 aromatic carbocycles. The van der Waals surface area contributed by atoms with E-state index in [1.807, 2.05) is 13.1 Å². The van der Waals surface area contributed by atoms with E-state index < -0.39 is 10.0 Å². The van der Waals surface area contributed by atoms with Gasteiger partial charge in [0, 0.05) is 19.6 Å². The molecule has 1 aliphatic heterocycles. The van der Waals surface area contributed by atoms with Crippen LogP contribution in [-0.4, -0.2) is 52.7 Å². The lowest BCUT2D eigenvalue weighted by molar-refractivity contribution is -0.0156. The van der Waals surface area contributed by atoms with Gasteiger partial charge in [-0.05, 0) is 25.2 Å². The van der Waals surface area contributed by atoms with Crippen LogP contribution in [0.2, 0.25) is 5.02 Å². The molecule has 0 radical (unpaired) electrons. The van der Waals surface area contributed by atoms with Crippen molar-refractivity contribution in [3.05, 3.63) is 28.8 Å². The van der Waals surface area contributed by atoms with Crippen LogP contribution in [0.15, 0.2) is 23.1 Å². The number of nitrogens with zero attached hydrogens (tertiary/aromatic N) is 2. The van der Waals surface area contributed by atoms with E-state index in [0.29, 0.717) is 13.2 Å². The SMILES string of the molecule is CN1CCOC(CNS(=O)(=O)c2cc(C#N)ccc2Cl)C1. The fourth-order valence-corrected chi connectivity index (χ4v) is 3.64. The molecule has 0 amide bonds. The second kappa shape index (κ2) is 6.73. The van der Waals surface area contributed by atoms with Gasteiger partial charge in [-0.2, -0.15) is 5.26 Å². The average Bonchev–Trinajstić information content (AvgIpc) is 2.46. The Morgan fingerprint density at radius 2 is 2.33 bits per heavy atom. The predicted molar refractivity (Wildman–Crippen MR) is 78.6 cm³/mol. The van der Waals surface area contributed by atoms with Crippen LogP contribution in [0.1, 0.15) is 5.56 Å². The molecule has 0 saturated carbocycles. The van der Waals surface area contributed by atoms with Gasteiger partial charge in [-0.25, -0.2) is 13.1 Å². The molecule has 1 aliphatic rings. The summed E-state index contributed by atoms with van der Waals surface area (Å²) in [7, 11) is -1.82. The highest BCUT2D eigenvalue weighted by molar-refractivity contribution is 7.89. The lowest BCUT2D eigenvalue weighted by Crippen LogP contribution is -2.45. The van der Waals surface area contributed by atoms with E-state index in [1.165, 1.54) is 18.2 Å². The Kier molecular flexibility index (Phi) is 5.19. The van der Waals surface area contributed by atoms with E-state index in [2.05, 4.69) is 9.62 Å². The quantitative estimate of drug-likeness (QED) is 0.884. The molecule has 8 heteroatoms. The molecule has 0 spiro atoms. The molecule has 1 heterocycles. The van der Waals surface area contributed by atoms with Crippen molar-refractivity contribution in [2.45, 2.75) is 11.0 Å². The van der Waals surface area contributed by atoms with Crippen molar-refractivity contribution in [1.29, 1.82) is 5.26 Å². The molecule has 0 bridgehead atoms.